The van der Waals surface area contributed by atoms with Gasteiger partial charge in [-0.25, -0.2) is 9.97 Å². The fourth-order valence-electron chi connectivity index (χ4n) is 2.11. The van der Waals surface area contributed by atoms with Crippen molar-refractivity contribution in [1.29, 1.82) is 0 Å². The molecule has 21 heavy (non-hydrogen) atoms. The summed E-state index contributed by atoms with van der Waals surface area (Å²) in [4.78, 5) is 23.5. The molecule has 2 aromatic heterocycles. The molecule has 1 N–H and O–H groups in total. The summed E-state index contributed by atoms with van der Waals surface area (Å²) < 4.78 is 0. The molecule has 0 spiro atoms. The van der Waals surface area contributed by atoms with E-state index in [0.717, 1.165) is 16.5 Å². The van der Waals surface area contributed by atoms with Gasteiger partial charge in [0.15, 0.2) is 6.29 Å². The van der Waals surface area contributed by atoms with Crippen molar-refractivity contribution in [2.45, 2.75) is 6.92 Å². The number of halogens is 1. The fourth-order valence-corrected chi connectivity index (χ4v) is 2.36. The maximum Gasteiger partial charge on any atom is 0.156 e. The Morgan fingerprint density at radius 2 is 2.10 bits per heavy atom. The maximum absolute atomic E-state index is 11.2. The van der Waals surface area contributed by atoms with Crippen molar-refractivity contribution >= 4 is 40.2 Å². The molecule has 0 radical (unpaired) electrons. The normalized spacial score (nSPS) is 10.6. The molecule has 2 heterocycles. The van der Waals surface area contributed by atoms with Crippen LogP contribution in [-0.2, 0) is 0 Å². The average Bonchev–Trinajstić information content (AvgIpc) is 2.47. The third kappa shape index (κ3) is 2.55. The van der Waals surface area contributed by atoms with Gasteiger partial charge in [-0.2, -0.15) is 0 Å². The Hall–Kier alpha value is -2.53. The van der Waals surface area contributed by atoms with Crippen molar-refractivity contribution in [3.8, 4) is 0 Å². The smallest absolute Gasteiger partial charge is 0.156 e. The first-order valence-electron chi connectivity index (χ1n) is 6.28. The lowest BCUT2D eigenvalue weighted by Crippen LogP contribution is -2.03. The number of aryl methyl sites for hydroxylation is 1. The topological polar surface area (TPSA) is 67.8 Å². The minimum Gasteiger partial charge on any atom is -0.339 e. The van der Waals surface area contributed by atoms with Gasteiger partial charge in [-0.1, -0.05) is 23.7 Å². The highest BCUT2D eigenvalue weighted by atomic mass is 35.5. The van der Waals surface area contributed by atoms with Crippen LogP contribution in [-0.4, -0.2) is 21.2 Å². The van der Waals surface area contributed by atoms with Gasteiger partial charge in [0.1, 0.15) is 16.8 Å². The Morgan fingerprint density at radius 1 is 1.24 bits per heavy atom. The third-order valence-electron chi connectivity index (χ3n) is 3.06. The summed E-state index contributed by atoms with van der Waals surface area (Å²) in [6.45, 7) is 1.72. The molecular weight excluding hydrogens is 288 g/mol. The summed E-state index contributed by atoms with van der Waals surface area (Å²) in [7, 11) is 0. The lowest BCUT2D eigenvalue weighted by atomic mass is 10.1. The Labute approximate surface area is 126 Å². The highest BCUT2D eigenvalue weighted by molar-refractivity contribution is 6.32. The van der Waals surface area contributed by atoms with Crippen LogP contribution in [0.3, 0.4) is 0 Å². The SMILES string of the molecule is Cc1nc(Cl)c(C=O)c(Nc2cccc3cnccc23)n1. The summed E-state index contributed by atoms with van der Waals surface area (Å²) in [5.41, 5.74) is 1.07. The number of anilines is 2. The van der Waals surface area contributed by atoms with Gasteiger partial charge in [-0.05, 0) is 19.1 Å². The van der Waals surface area contributed by atoms with Crippen molar-refractivity contribution in [2.75, 3.05) is 5.32 Å². The predicted molar refractivity (Wildman–Crippen MR) is 82.2 cm³/mol. The van der Waals surface area contributed by atoms with Crippen LogP contribution >= 0.6 is 11.6 Å². The molecule has 3 rings (SSSR count). The van der Waals surface area contributed by atoms with E-state index in [2.05, 4.69) is 20.3 Å². The van der Waals surface area contributed by atoms with Crippen molar-refractivity contribution < 1.29 is 4.79 Å². The molecule has 0 bridgehead atoms. The van der Waals surface area contributed by atoms with E-state index in [9.17, 15) is 4.79 Å². The Bertz CT molecular complexity index is 830. The molecule has 0 saturated heterocycles. The highest BCUT2D eigenvalue weighted by Gasteiger charge is 2.12. The summed E-state index contributed by atoms with van der Waals surface area (Å²) in [5.74, 6) is 0.891. The molecule has 104 valence electrons. The van der Waals surface area contributed by atoms with Crippen LogP contribution in [0.2, 0.25) is 5.15 Å². The second-order valence-corrected chi connectivity index (χ2v) is 4.83. The Morgan fingerprint density at radius 3 is 2.90 bits per heavy atom. The maximum atomic E-state index is 11.2. The lowest BCUT2D eigenvalue weighted by Gasteiger charge is -2.11. The summed E-state index contributed by atoms with van der Waals surface area (Å²) >= 11 is 5.99. The van der Waals surface area contributed by atoms with Crippen LogP contribution in [0.15, 0.2) is 36.7 Å². The predicted octanol–water partition coefficient (Wildman–Crippen LogP) is 3.54. The number of aromatic nitrogens is 3. The van der Waals surface area contributed by atoms with Crippen LogP contribution in [0.5, 0.6) is 0 Å². The highest BCUT2D eigenvalue weighted by Crippen LogP contribution is 2.27. The number of carbonyl (C=O) groups excluding carboxylic acids is 1. The number of carbonyl (C=O) groups is 1. The van der Waals surface area contributed by atoms with Gasteiger partial charge in [0.2, 0.25) is 0 Å². The molecule has 0 saturated carbocycles. The Balaban J connectivity index is 2.13. The summed E-state index contributed by atoms with van der Waals surface area (Å²) in [5, 5.41) is 5.27. The number of nitrogens with one attached hydrogen (secondary N) is 1. The van der Waals surface area contributed by atoms with Crippen molar-refractivity contribution in [2.24, 2.45) is 0 Å². The largest absolute Gasteiger partial charge is 0.339 e. The fraction of sp³-hybridized carbons (Fsp3) is 0.0667. The van der Waals surface area contributed by atoms with E-state index in [1.54, 1.807) is 19.3 Å². The standard InChI is InChI=1S/C15H11ClN4O/c1-9-18-14(16)12(8-21)15(19-9)20-13-4-2-3-10-7-17-6-5-11(10)13/h2-8H,1H3,(H,18,19,20). The monoisotopic (exact) mass is 298 g/mol. The van der Waals surface area contributed by atoms with Crippen molar-refractivity contribution in [3.05, 3.63) is 53.2 Å². The van der Waals surface area contributed by atoms with Crippen LogP contribution in [0.4, 0.5) is 11.5 Å². The molecule has 0 unspecified atom stereocenters. The van der Waals surface area contributed by atoms with E-state index in [4.69, 9.17) is 11.6 Å². The number of nitrogens with zero attached hydrogens (tertiary/aromatic N) is 3. The number of hydrogen-bond acceptors (Lipinski definition) is 5. The first kappa shape index (κ1) is 13.5. The minimum absolute atomic E-state index is 0.141. The van der Waals surface area contributed by atoms with Gasteiger partial charge in [-0.15, -0.1) is 0 Å². The molecule has 0 aliphatic carbocycles. The molecule has 0 atom stereocenters. The molecule has 1 aromatic carbocycles. The van der Waals surface area contributed by atoms with Crippen molar-refractivity contribution in [1.82, 2.24) is 15.0 Å². The van der Waals surface area contributed by atoms with Gasteiger partial charge in [0.05, 0.1) is 5.56 Å². The second-order valence-electron chi connectivity index (χ2n) is 4.47. The van der Waals surface area contributed by atoms with E-state index in [-0.39, 0.29) is 10.7 Å². The van der Waals surface area contributed by atoms with Crippen LogP contribution in [0.25, 0.3) is 10.8 Å². The average molecular weight is 299 g/mol. The van der Waals surface area contributed by atoms with Crippen LogP contribution < -0.4 is 5.32 Å². The zero-order chi connectivity index (χ0) is 14.8. The second kappa shape index (κ2) is 5.46. The minimum atomic E-state index is 0.141. The van der Waals surface area contributed by atoms with E-state index >= 15 is 0 Å². The van der Waals surface area contributed by atoms with Gasteiger partial charge >= 0.3 is 0 Å². The number of rotatable bonds is 3. The summed E-state index contributed by atoms with van der Waals surface area (Å²) in [6, 6.07) is 7.67. The number of fused-ring (bicyclic) bond motifs is 1. The summed E-state index contributed by atoms with van der Waals surface area (Å²) in [6.07, 6.45) is 4.14. The first-order chi connectivity index (χ1) is 10.2. The molecule has 3 aromatic rings. The van der Waals surface area contributed by atoms with E-state index < -0.39 is 0 Å². The molecule has 0 aliphatic rings. The number of pyridine rings is 1. The van der Waals surface area contributed by atoms with Gasteiger partial charge in [0.25, 0.3) is 0 Å². The molecular formula is C15H11ClN4O. The van der Waals surface area contributed by atoms with Gasteiger partial charge in [-0.3, -0.25) is 9.78 Å². The first-order valence-corrected chi connectivity index (χ1v) is 6.66. The Kier molecular flexibility index (Phi) is 3.50. The third-order valence-corrected chi connectivity index (χ3v) is 3.35. The quantitative estimate of drug-likeness (QED) is 0.591. The van der Waals surface area contributed by atoms with E-state index in [1.807, 2.05) is 24.3 Å². The van der Waals surface area contributed by atoms with Crippen LogP contribution in [0.1, 0.15) is 16.2 Å². The van der Waals surface area contributed by atoms with Gasteiger partial charge < -0.3 is 5.32 Å². The molecule has 0 amide bonds. The van der Waals surface area contributed by atoms with Gasteiger partial charge in [0, 0.05) is 28.9 Å². The molecule has 0 fully saturated rings. The number of aldehydes is 1. The van der Waals surface area contributed by atoms with E-state index in [1.165, 1.54) is 0 Å². The number of benzene rings is 1. The zero-order valence-corrected chi connectivity index (χ0v) is 11.9. The molecule has 0 aliphatic heterocycles. The van der Waals surface area contributed by atoms with E-state index in [0.29, 0.717) is 17.9 Å². The molecule has 5 nitrogen and oxygen atoms in total. The number of hydrogen-bond donors (Lipinski definition) is 1. The van der Waals surface area contributed by atoms with Crippen LogP contribution in [0, 0.1) is 6.92 Å². The van der Waals surface area contributed by atoms with Crippen molar-refractivity contribution in [3.63, 3.8) is 0 Å². The lowest BCUT2D eigenvalue weighted by molar-refractivity contribution is 0.112. The zero-order valence-electron chi connectivity index (χ0n) is 11.2. The molecule has 6 heteroatoms.